The summed E-state index contributed by atoms with van der Waals surface area (Å²) in [5.41, 5.74) is 2.20. The number of hydrogen-bond donors (Lipinski definition) is 1. The molecule has 0 bridgehead atoms. The quantitative estimate of drug-likeness (QED) is 0.910. The van der Waals surface area contributed by atoms with Crippen molar-refractivity contribution in [2.45, 2.75) is 63.6 Å². The van der Waals surface area contributed by atoms with Crippen LogP contribution in [0.1, 0.15) is 78.2 Å². The van der Waals surface area contributed by atoms with Gasteiger partial charge in [0, 0.05) is 19.0 Å². The fraction of sp³-hybridized carbons (Fsp3) is 0.632. The Kier molecular flexibility index (Phi) is 3.85. The van der Waals surface area contributed by atoms with Crippen molar-refractivity contribution in [3.8, 4) is 0 Å². The molecule has 138 valence electrons. The van der Waals surface area contributed by atoms with Gasteiger partial charge in [0.1, 0.15) is 11.9 Å². The van der Waals surface area contributed by atoms with Gasteiger partial charge in [0.25, 0.3) is 5.91 Å². The first-order valence-electron chi connectivity index (χ1n) is 9.68. The van der Waals surface area contributed by atoms with E-state index in [0.717, 1.165) is 55.8 Å². The van der Waals surface area contributed by atoms with E-state index in [1.807, 2.05) is 15.6 Å². The third-order valence-corrected chi connectivity index (χ3v) is 5.97. The first kappa shape index (κ1) is 16.1. The molecule has 5 rings (SSSR count). The molecule has 1 amide bonds. The molecule has 7 nitrogen and oxygen atoms in total. The van der Waals surface area contributed by atoms with E-state index >= 15 is 0 Å². The highest BCUT2D eigenvalue weighted by Gasteiger charge is 2.35. The summed E-state index contributed by atoms with van der Waals surface area (Å²) in [6.45, 7) is 1.95. The second-order valence-electron chi connectivity index (χ2n) is 7.84. The normalized spacial score (nSPS) is 21.8. The summed E-state index contributed by atoms with van der Waals surface area (Å²) < 4.78 is 7.43. The number of carbonyl (C=O) groups excluding carboxylic acids is 1. The van der Waals surface area contributed by atoms with Crippen molar-refractivity contribution in [1.29, 1.82) is 0 Å². The van der Waals surface area contributed by atoms with E-state index in [1.54, 1.807) is 0 Å². The monoisotopic (exact) mass is 356 g/mol. The van der Waals surface area contributed by atoms with Gasteiger partial charge in [0.15, 0.2) is 12.1 Å². The van der Waals surface area contributed by atoms with Crippen molar-refractivity contribution in [3.05, 3.63) is 35.3 Å². The highest BCUT2D eigenvalue weighted by Crippen LogP contribution is 2.42. The first-order valence-corrected chi connectivity index (χ1v) is 9.68. The second kappa shape index (κ2) is 6.23. The Morgan fingerprint density at radius 2 is 2.08 bits per heavy atom. The average Bonchev–Trinajstić information content (AvgIpc) is 3.24. The summed E-state index contributed by atoms with van der Waals surface area (Å²) in [6.07, 6.45) is 7.23. The predicted molar refractivity (Wildman–Crippen MR) is 92.4 cm³/mol. The largest absolute Gasteiger partial charge is 0.447 e. The van der Waals surface area contributed by atoms with Gasteiger partial charge in [-0.1, -0.05) is 6.42 Å². The molecule has 0 radical (unpaired) electrons. The summed E-state index contributed by atoms with van der Waals surface area (Å²) in [6, 6.07) is 1.97. The fourth-order valence-corrected chi connectivity index (χ4v) is 4.00. The van der Waals surface area contributed by atoms with Gasteiger partial charge in [0.05, 0.1) is 17.9 Å². The van der Waals surface area contributed by atoms with E-state index < -0.39 is 6.10 Å². The lowest BCUT2D eigenvalue weighted by molar-refractivity contribution is 0.0580. The number of aliphatic hydroxyl groups excluding tert-OH is 1. The van der Waals surface area contributed by atoms with Crippen LogP contribution in [-0.2, 0) is 13.1 Å². The number of aryl methyl sites for hydroxylation is 1. The van der Waals surface area contributed by atoms with Crippen LogP contribution in [-0.4, -0.2) is 37.2 Å². The Balaban J connectivity index is 1.36. The molecule has 7 heteroatoms. The number of aromatic nitrogens is 3. The summed E-state index contributed by atoms with van der Waals surface area (Å²) in [4.78, 5) is 19.0. The molecule has 2 fully saturated rings. The number of amides is 1. The summed E-state index contributed by atoms with van der Waals surface area (Å²) in [5, 5.41) is 15.1. The van der Waals surface area contributed by atoms with Crippen LogP contribution < -0.4 is 0 Å². The summed E-state index contributed by atoms with van der Waals surface area (Å²) in [5.74, 6) is 1.38. The standard InChI is InChI=1S/C19H24N4O3/c24-17(12-3-1-4-12)15-9-14-10-22(7-2-8-23(14)21-15)19(25)16-18(13-5-6-13)26-11-20-16/h9,11-13,17,24H,1-8,10H2/t17-/m1/s1. The van der Waals surface area contributed by atoms with Crippen LogP contribution in [0.2, 0.25) is 0 Å². The maximum absolute atomic E-state index is 13.0. The maximum Gasteiger partial charge on any atom is 0.276 e. The molecule has 3 aliphatic rings. The van der Waals surface area contributed by atoms with Gasteiger partial charge in [-0.15, -0.1) is 0 Å². The smallest absolute Gasteiger partial charge is 0.276 e. The zero-order valence-corrected chi connectivity index (χ0v) is 14.8. The Morgan fingerprint density at radius 1 is 1.23 bits per heavy atom. The number of rotatable bonds is 4. The Bertz CT molecular complexity index is 819. The van der Waals surface area contributed by atoms with E-state index in [0.29, 0.717) is 30.6 Å². The van der Waals surface area contributed by atoms with Crippen molar-refractivity contribution in [2.24, 2.45) is 5.92 Å². The van der Waals surface area contributed by atoms with Gasteiger partial charge < -0.3 is 14.4 Å². The second-order valence-corrected chi connectivity index (χ2v) is 7.84. The van der Waals surface area contributed by atoms with Gasteiger partial charge in [-0.05, 0) is 44.1 Å². The molecule has 2 aromatic heterocycles. The number of fused-ring (bicyclic) bond motifs is 1. The van der Waals surface area contributed by atoms with E-state index in [9.17, 15) is 9.90 Å². The average molecular weight is 356 g/mol. The molecule has 0 unspecified atom stereocenters. The number of carbonyl (C=O) groups is 1. The first-order chi connectivity index (χ1) is 12.7. The van der Waals surface area contributed by atoms with Gasteiger partial charge in [-0.25, -0.2) is 4.98 Å². The van der Waals surface area contributed by atoms with Crippen molar-refractivity contribution >= 4 is 5.91 Å². The van der Waals surface area contributed by atoms with Gasteiger partial charge in [-0.2, -0.15) is 5.10 Å². The lowest BCUT2D eigenvalue weighted by Crippen LogP contribution is -2.31. The van der Waals surface area contributed by atoms with Crippen LogP contribution in [0.25, 0.3) is 0 Å². The molecule has 0 spiro atoms. The number of hydrogen-bond acceptors (Lipinski definition) is 5. The van der Waals surface area contributed by atoms with Crippen LogP contribution in [0.4, 0.5) is 0 Å². The van der Waals surface area contributed by atoms with E-state index in [1.165, 1.54) is 12.8 Å². The molecular weight excluding hydrogens is 332 g/mol. The van der Waals surface area contributed by atoms with Crippen LogP contribution in [0.15, 0.2) is 16.9 Å². The van der Waals surface area contributed by atoms with E-state index in [-0.39, 0.29) is 5.91 Å². The van der Waals surface area contributed by atoms with Crippen LogP contribution in [0, 0.1) is 5.92 Å². The van der Waals surface area contributed by atoms with Crippen LogP contribution in [0.3, 0.4) is 0 Å². The minimum absolute atomic E-state index is 0.0589. The van der Waals surface area contributed by atoms with Crippen LogP contribution in [0.5, 0.6) is 0 Å². The Morgan fingerprint density at radius 3 is 2.81 bits per heavy atom. The fourth-order valence-electron chi connectivity index (χ4n) is 4.00. The molecule has 2 saturated carbocycles. The van der Waals surface area contributed by atoms with Crippen molar-refractivity contribution in [3.63, 3.8) is 0 Å². The van der Waals surface area contributed by atoms with Gasteiger partial charge >= 0.3 is 0 Å². The zero-order chi connectivity index (χ0) is 17.7. The van der Waals surface area contributed by atoms with E-state index in [2.05, 4.69) is 10.1 Å². The van der Waals surface area contributed by atoms with Gasteiger partial charge in [0.2, 0.25) is 0 Å². The van der Waals surface area contributed by atoms with Crippen molar-refractivity contribution in [1.82, 2.24) is 19.7 Å². The third kappa shape index (κ3) is 2.74. The number of aliphatic hydroxyl groups is 1. The Labute approximate surface area is 152 Å². The summed E-state index contributed by atoms with van der Waals surface area (Å²) in [7, 11) is 0. The molecule has 2 aromatic rings. The molecule has 3 heterocycles. The molecule has 1 N–H and O–H groups in total. The zero-order valence-electron chi connectivity index (χ0n) is 14.8. The van der Waals surface area contributed by atoms with E-state index in [4.69, 9.17) is 4.42 Å². The molecule has 0 aromatic carbocycles. The molecule has 1 aliphatic heterocycles. The minimum atomic E-state index is -0.482. The van der Waals surface area contributed by atoms with Crippen LogP contribution >= 0.6 is 0 Å². The van der Waals surface area contributed by atoms with Gasteiger partial charge in [-0.3, -0.25) is 9.48 Å². The highest BCUT2D eigenvalue weighted by atomic mass is 16.3. The molecular formula is C19H24N4O3. The third-order valence-electron chi connectivity index (χ3n) is 5.97. The lowest BCUT2D eigenvalue weighted by atomic mass is 9.80. The summed E-state index contributed by atoms with van der Waals surface area (Å²) >= 11 is 0. The topological polar surface area (TPSA) is 84.4 Å². The Hall–Kier alpha value is -2.15. The number of nitrogens with zero attached hydrogens (tertiary/aromatic N) is 4. The highest BCUT2D eigenvalue weighted by molar-refractivity contribution is 5.93. The van der Waals surface area contributed by atoms with Crippen molar-refractivity contribution in [2.75, 3.05) is 6.54 Å². The predicted octanol–water partition coefficient (Wildman–Crippen LogP) is 2.63. The lowest BCUT2D eigenvalue weighted by Gasteiger charge is -2.29. The molecule has 0 saturated heterocycles. The molecule has 1 atom stereocenters. The molecule has 2 aliphatic carbocycles. The molecule has 26 heavy (non-hydrogen) atoms. The maximum atomic E-state index is 13.0. The minimum Gasteiger partial charge on any atom is -0.447 e. The van der Waals surface area contributed by atoms with Crippen molar-refractivity contribution < 1.29 is 14.3 Å². The SMILES string of the molecule is O=C(c1ncoc1C1CC1)N1CCCn2nc([C@H](O)C3CCC3)cc2C1. The number of oxazole rings is 1.